The molecule has 0 fully saturated rings. The average molecular weight is 199 g/mol. The zero-order chi connectivity index (χ0) is 10.7. The van der Waals surface area contributed by atoms with Crippen LogP contribution >= 0.6 is 0 Å². The van der Waals surface area contributed by atoms with E-state index in [1.54, 1.807) is 0 Å². The van der Waals surface area contributed by atoms with E-state index in [1.807, 2.05) is 48.5 Å². The van der Waals surface area contributed by atoms with Crippen molar-refractivity contribution < 1.29 is 5.11 Å². The standard InChI is InChI=1S/C13H13NO/c14-13-7-2-1-6-12(13)11-5-3-4-10(8-11)9-15/h1-8,15H,9,14H2. The van der Waals surface area contributed by atoms with Crippen molar-refractivity contribution in [2.45, 2.75) is 6.61 Å². The molecule has 0 saturated heterocycles. The number of hydrogen-bond donors (Lipinski definition) is 2. The fourth-order valence-corrected chi connectivity index (χ4v) is 1.60. The Morgan fingerprint density at radius 2 is 1.80 bits per heavy atom. The monoisotopic (exact) mass is 199 g/mol. The Morgan fingerprint density at radius 1 is 1.00 bits per heavy atom. The Bertz CT molecular complexity index is 466. The van der Waals surface area contributed by atoms with E-state index in [-0.39, 0.29) is 6.61 Å². The molecule has 0 amide bonds. The summed E-state index contributed by atoms with van der Waals surface area (Å²) in [5, 5.41) is 9.05. The molecule has 0 aliphatic carbocycles. The van der Waals surface area contributed by atoms with Gasteiger partial charge in [-0.1, -0.05) is 36.4 Å². The maximum absolute atomic E-state index is 9.05. The molecule has 0 unspecified atom stereocenters. The molecule has 2 aromatic carbocycles. The summed E-state index contributed by atoms with van der Waals surface area (Å²) < 4.78 is 0. The van der Waals surface area contributed by atoms with Gasteiger partial charge >= 0.3 is 0 Å². The maximum atomic E-state index is 9.05. The van der Waals surface area contributed by atoms with Gasteiger partial charge in [-0.3, -0.25) is 0 Å². The van der Waals surface area contributed by atoms with Crippen molar-refractivity contribution in [1.82, 2.24) is 0 Å². The molecule has 0 aliphatic rings. The molecule has 0 heterocycles. The minimum Gasteiger partial charge on any atom is -0.398 e. The first-order valence-electron chi connectivity index (χ1n) is 4.86. The van der Waals surface area contributed by atoms with Crippen molar-refractivity contribution in [3.8, 4) is 11.1 Å². The van der Waals surface area contributed by atoms with E-state index in [0.29, 0.717) is 0 Å². The fourth-order valence-electron chi connectivity index (χ4n) is 1.60. The van der Waals surface area contributed by atoms with Gasteiger partial charge in [-0.15, -0.1) is 0 Å². The van der Waals surface area contributed by atoms with E-state index in [9.17, 15) is 0 Å². The topological polar surface area (TPSA) is 46.2 Å². The minimum atomic E-state index is 0.0561. The summed E-state index contributed by atoms with van der Waals surface area (Å²) in [6.45, 7) is 0.0561. The number of anilines is 1. The smallest absolute Gasteiger partial charge is 0.0682 e. The van der Waals surface area contributed by atoms with Crippen molar-refractivity contribution in [2.24, 2.45) is 0 Å². The second kappa shape index (κ2) is 4.15. The highest BCUT2D eigenvalue weighted by atomic mass is 16.3. The lowest BCUT2D eigenvalue weighted by Gasteiger charge is -2.06. The molecule has 2 nitrogen and oxygen atoms in total. The van der Waals surface area contributed by atoms with Crippen LogP contribution in [-0.4, -0.2) is 5.11 Å². The summed E-state index contributed by atoms with van der Waals surface area (Å²) in [6, 6.07) is 15.5. The van der Waals surface area contributed by atoms with Crippen LogP contribution in [0, 0.1) is 0 Å². The van der Waals surface area contributed by atoms with Crippen LogP contribution in [0.3, 0.4) is 0 Å². The number of aliphatic hydroxyl groups excluding tert-OH is 1. The Kier molecular flexibility index (Phi) is 2.70. The molecule has 0 aromatic heterocycles. The summed E-state index contributed by atoms with van der Waals surface area (Å²) in [5.41, 5.74) is 9.59. The summed E-state index contributed by atoms with van der Waals surface area (Å²) in [4.78, 5) is 0. The van der Waals surface area contributed by atoms with Gasteiger partial charge in [-0.2, -0.15) is 0 Å². The lowest BCUT2D eigenvalue weighted by atomic mass is 10.0. The van der Waals surface area contributed by atoms with Gasteiger partial charge in [0, 0.05) is 11.3 Å². The van der Waals surface area contributed by atoms with Gasteiger partial charge in [0.1, 0.15) is 0 Å². The van der Waals surface area contributed by atoms with Crippen molar-refractivity contribution in [3.05, 3.63) is 54.1 Å². The van der Waals surface area contributed by atoms with Gasteiger partial charge in [0.25, 0.3) is 0 Å². The van der Waals surface area contributed by atoms with Crippen molar-refractivity contribution in [3.63, 3.8) is 0 Å². The Labute approximate surface area is 89.0 Å². The normalized spacial score (nSPS) is 10.2. The van der Waals surface area contributed by atoms with Gasteiger partial charge in [-0.05, 0) is 23.3 Å². The van der Waals surface area contributed by atoms with Gasteiger partial charge in [0.2, 0.25) is 0 Å². The number of para-hydroxylation sites is 1. The Morgan fingerprint density at radius 3 is 2.53 bits per heavy atom. The van der Waals surface area contributed by atoms with Crippen LogP contribution in [0.2, 0.25) is 0 Å². The molecule has 2 rings (SSSR count). The SMILES string of the molecule is Nc1ccccc1-c1cccc(CO)c1. The second-order valence-electron chi connectivity index (χ2n) is 3.45. The van der Waals surface area contributed by atoms with E-state index in [4.69, 9.17) is 10.8 Å². The van der Waals surface area contributed by atoms with Crippen LogP contribution in [-0.2, 0) is 6.61 Å². The van der Waals surface area contributed by atoms with Crippen LogP contribution in [0.15, 0.2) is 48.5 Å². The molecular weight excluding hydrogens is 186 g/mol. The zero-order valence-electron chi connectivity index (χ0n) is 8.35. The van der Waals surface area contributed by atoms with Gasteiger partial charge < -0.3 is 10.8 Å². The third-order valence-corrected chi connectivity index (χ3v) is 2.38. The summed E-state index contributed by atoms with van der Waals surface area (Å²) in [5.74, 6) is 0. The number of hydrogen-bond acceptors (Lipinski definition) is 2. The molecule has 2 heteroatoms. The number of nitrogen functional groups attached to an aromatic ring is 1. The van der Waals surface area contributed by atoms with Gasteiger partial charge in [0.15, 0.2) is 0 Å². The first kappa shape index (κ1) is 9.74. The van der Waals surface area contributed by atoms with Crippen molar-refractivity contribution in [2.75, 3.05) is 5.73 Å². The van der Waals surface area contributed by atoms with Gasteiger partial charge in [-0.25, -0.2) is 0 Å². The molecule has 0 spiro atoms. The number of benzene rings is 2. The predicted octanol–water partition coefficient (Wildman–Crippen LogP) is 2.43. The van der Waals surface area contributed by atoms with Crippen LogP contribution < -0.4 is 5.73 Å². The van der Waals surface area contributed by atoms with E-state index < -0.39 is 0 Å². The van der Waals surface area contributed by atoms with Crippen LogP contribution in [0.25, 0.3) is 11.1 Å². The highest BCUT2D eigenvalue weighted by Gasteiger charge is 2.01. The molecule has 3 N–H and O–H groups in total. The third kappa shape index (κ3) is 2.00. The molecular formula is C13H13NO. The zero-order valence-corrected chi connectivity index (χ0v) is 8.35. The van der Waals surface area contributed by atoms with Crippen molar-refractivity contribution in [1.29, 1.82) is 0 Å². The third-order valence-electron chi connectivity index (χ3n) is 2.38. The molecule has 15 heavy (non-hydrogen) atoms. The van der Waals surface area contributed by atoms with E-state index in [0.717, 1.165) is 22.4 Å². The van der Waals surface area contributed by atoms with E-state index in [2.05, 4.69) is 0 Å². The molecule has 0 bridgehead atoms. The fraction of sp³-hybridized carbons (Fsp3) is 0.0769. The molecule has 0 saturated carbocycles. The highest BCUT2D eigenvalue weighted by molar-refractivity contribution is 5.76. The highest BCUT2D eigenvalue weighted by Crippen LogP contribution is 2.25. The summed E-state index contributed by atoms with van der Waals surface area (Å²) in [6.07, 6.45) is 0. The first-order chi connectivity index (χ1) is 7.31. The lowest BCUT2D eigenvalue weighted by molar-refractivity contribution is 0.282. The average Bonchev–Trinajstić information content (AvgIpc) is 2.30. The van der Waals surface area contributed by atoms with Crippen LogP contribution in [0.1, 0.15) is 5.56 Å². The quantitative estimate of drug-likeness (QED) is 0.730. The van der Waals surface area contributed by atoms with E-state index in [1.165, 1.54) is 0 Å². The largest absolute Gasteiger partial charge is 0.398 e. The van der Waals surface area contributed by atoms with Crippen molar-refractivity contribution >= 4 is 5.69 Å². The summed E-state index contributed by atoms with van der Waals surface area (Å²) in [7, 11) is 0. The van der Waals surface area contributed by atoms with Crippen LogP contribution in [0.5, 0.6) is 0 Å². The predicted molar refractivity (Wildman–Crippen MR) is 62.2 cm³/mol. The summed E-state index contributed by atoms with van der Waals surface area (Å²) >= 11 is 0. The van der Waals surface area contributed by atoms with Crippen LogP contribution in [0.4, 0.5) is 5.69 Å². The minimum absolute atomic E-state index is 0.0561. The number of aliphatic hydroxyl groups is 1. The number of nitrogens with two attached hydrogens (primary N) is 1. The van der Waals surface area contributed by atoms with E-state index >= 15 is 0 Å². The molecule has 0 atom stereocenters. The molecule has 0 aliphatic heterocycles. The second-order valence-corrected chi connectivity index (χ2v) is 3.45. The molecule has 2 aromatic rings. The number of rotatable bonds is 2. The Hall–Kier alpha value is -1.80. The molecule has 76 valence electrons. The first-order valence-corrected chi connectivity index (χ1v) is 4.86. The molecule has 0 radical (unpaired) electrons. The van der Waals surface area contributed by atoms with Gasteiger partial charge in [0.05, 0.1) is 6.61 Å². The lowest BCUT2D eigenvalue weighted by Crippen LogP contribution is -1.90. The maximum Gasteiger partial charge on any atom is 0.0682 e. The Balaban J connectivity index is 2.49.